The number of rotatable bonds is 9. The average Bonchev–Trinajstić information content (AvgIpc) is 3.46. The Morgan fingerprint density at radius 3 is 2.50 bits per heavy atom. The van der Waals surface area contributed by atoms with E-state index in [1.54, 1.807) is 19.1 Å². The molecule has 0 spiro atoms. The summed E-state index contributed by atoms with van der Waals surface area (Å²) in [6.07, 6.45) is 1.94. The summed E-state index contributed by atoms with van der Waals surface area (Å²) in [6.45, 7) is 3.53. The first-order chi connectivity index (χ1) is 16.4. The van der Waals surface area contributed by atoms with Gasteiger partial charge in [0.25, 0.3) is 0 Å². The van der Waals surface area contributed by atoms with E-state index in [-0.39, 0.29) is 25.2 Å². The lowest BCUT2D eigenvalue weighted by atomic mass is 9.82. The summed E-state index contributed by atoms with van der Waals surface area (Å²) in [4.78, 5) is 29.4. The molecule has 2 aromatic carbocycles. The molecule has 182 valence electrons. The van der Waals surface area contributed by atoms with Crippen molar-refractivity contribution in [3.63, 3.8) is 0 Å². The lowest BCUT2D eigenvalue weighted by Crippen LogP contribution is -2.39. The van der Waals surface area contributed by atoms with Gasteiger partial charge in [0.1, 0.15) is 5.75 Å². The molecule has 2 aliphatic rings. The Hall–Kier alpha value is -3.26. The zero-order chi connectivity index (χ0) is 24.2. The highest BCUT2D eigenvalue weighted by Gasteiger charge is 2.48. The number of likely N-dealkylation sites (N-methyl/N-ethyl adjacent to an activating group) is 1. The van der Waals surface area contributed by atoms with Crippen LogP contribution >= 0.6 is 0 Å². The van der Waals surface area contributed by atoms with Gasteiger partial charge in [-0.1, -0.05) is 31.5 Å². The fourth-order valence-electron chi connectivity index (χ4n) is 4.89. The molecular weight excluding hydrogens is 436 g/mol. The van der Waals surface area contributed by atoms with Gasteiger partial charge in [0.05, 0.1) is 19.6 Å². The van der Waals surface area contributed by atoms with Crippen molar-refractivity contribution in [1.82, 2.24) is 9.80 Å². The summed E-state index contributed by atoms with van der Waals surface area (Å²) in [6, 6.07) is 12.6. The minimum absolute atomic E-state index is 0.0116. The van der Waals surface area contributed by atoms with E-state index in [9.17, 15) is 14.7 Å². The number of benzene rings is 2. The number of hydrogen-bond acceptors (Lipinski definition) is 6. The summed E-state index contributed by atoms with van der Waals surface area (Å²) in [5, 5.41) is 10.3. The minimum Gasteiger partial charge on any atom is -0.497 e. The average molecular weight is 469 g/mol. The molecule has 2 aromatic rings. The Kier molecular flexibility index (Phi) is 7.26. The third-order valence-electron chi connectivity index (χ3n) is 6.78. The van der Waals surface area contributed by atoms with Crippen molar-refractivity contribution in [1.29, 1.82) is 0 Å². The standard InChI is InChI=1S/C26H32N2O6/c1-4-5-12-27(2)23(29)15-28-14-20(18-8-11-21-22(13-18)34-16-33-21)24(26(30)31)25(28)17-6-9-19(32-3)10-7-17/h6-11,13,20,24-25H,4-5,12,14-16H2,1-3H3,(H,30,31). The van der Waals surface area contributed by atoms with Crippen LogP contribution in [0.25, 0.3) is 0 Å². The molecule has 4 rings (SSSR count). The number of carbonyl (C=O) groups excluding carboxylic acids is 1. The fraction of sp³-hybridized carbons (Fsp3) is 0.462. The van der Waals surface area contributed by atoms with Gasteiger partial charge in [-0.05, 0) is 41.8 Å². The topological polar surface area (TPSA) is 88.5 Å². The number of hydrogen-bond donors (Lipinski definition) is 1. The van der Waals surface area contributed by atoms with Crippen molar-refractivity contribution in [2.24, 2.45) is 5.92 Å². The van der Waals surface area contributed by atoms with E-state index in [4.69, 9.17) is 14.2 Å². The molecule has 1 saturated heterocycles. The van der Waals surface area contributed by atoms with Crippen molar-refractivity contribution in [2.75, 3.05) is 40.6 Å². The van der Waals surface area contributed by atoms with Crippen LogP contribution in [0.2, 0.25) is 0 Å². The fourth-order valence-corrected chi connectivity index (χ4v) is 4.89. The van der Waals surface area contributed by atoms with Crippen LogP contribution in [0.15, 0.2) is 42.5 Å². The third kappa shape index (κ3) is 4.82. The number of ether oxygens (including phenoxy) is 3. The van der Waals surface area contributed by atoms with Crippen LogP contribution in [0.5, 0.6) is 17.2 Å². The van der Waals surface area contributed by atoms with Crippen molar-refractivity contribution >= 4 is 11.9 Å². The zero-order valence-corrected chi connectivity index (χ0v) is 19.9. The van der Waals surface area contributed by atoms with Crippen LogP contribution in [-0.4, -0.2) is 67.4 Å². The monoisotopic (exact) mass is 468 g/mol. The molecule has 0 bridgehead atoms. The van der Waals surface area contributed by atoms with Crippen molar-refractivity contribution in [3.8, 4) is 17.2 Å². The van der Waals surface area contributed by atoms with Crippen LogP contribution in [0.4, 0.5) is 0 Å². The number of unbranched alkanes of at least 4 members (excludes halogenated alkanes) is 1. The Labute approximate surface area is 200 Å². The van der Waals surface area contributed by atoms with Crippen LogP contribution < -0.4 is 14.2 Å². The molecule has 0 aromatic heterocycles. The van der Waals surface area contributed by atoms with Gasteiger partial charge in [-0.25, -0.2) is 0 Å². The van der Waals surface area contributed by atoms with Gasteiger partial charge in [-0.15, -0.1) is 0 Å². The molecule has 1 amide bonds. The van der Waals surface area contributed by atoms with Crippen molar-refractivity contribution < 1.29 is 28.9 Å². The predicted molar refractivity (Wildman–Crippen MR) is 126 cm³/mol. The first-order valence-electron chi connectivity index (χ1n) is 11.7. The van der Waals surface area contributed by atoms with Gasteiger partial charge < -0.3 is 24.2 Å². The first kappa shape index (κ1) is 23.9. The van der Waals surface area contributed by atoms with E-state index in [0.717, 1.165) is 24.0 Å². The molecule has 0 saturated carbocycles. The van der Waals surface area contributed by atoms with Crippen molar-refractivity contribution in [3.05, 3.63) is 53.6 Å². The largest absolute Gasteiger partial charge is 0.497 e. The highest BCUT2D eigenvalue weighted by molar-refractivity contribution is 5.79. The molecule has 8 nitrogen and oxygen atoms in total. The summed E-state index contributed by atoms with van der Waals surface area (Å²) in [7, 11) is 3.40. The van der Waals surface area contributed by atoms with Crippen molar-refractivity contribution in [2.45, 2.75) is 31.7 Å². The van der Waals surface area contributed by atoms with E-state index in [0.29, 0.717) is 30.3 Å². The maximum absolute atomic E-state index is 13.0. The molecule has 1 N–H and O–H groups in total. The molecule has 0 radical (unpaired) electrons. The maximum atomic E-state index is 13.0. The summed E-state index contributed by atoms with van der Waals surface area (Å²) in [5.74, 6) is 0.0276. The predicted octanol–water partition coefficient (Wildman–Crippen LogP) is 3.52. The highest BCUT2D eigenvalue weighted by atomic mass is 16.7. The molecule has 8 heteroatoms. The SMILES string of the molecule is CCCCN(C)C(=O)CN1CC(c2ccc3c(c2)OCO3)C(C(=O)O)C1c1ccc(OC)cc1. The summed E-state index contributed by atoms with van der Waals surface area (Å²) < 4.78 is 16.2. The number of aliphatic carboxylic acids is 1. The van der Waals surface area contributed by atoms with Crippen LogP contribution in [0.3, 0.4) is 0 Å². The normalized spacial score (nSPS) is 21.4. The summed E-state index contributed by atoms with van der Waals surface area (Å²) >= 11 is 0. The van der Waals surface area contributed by atoms with Gasteiger partial charge in [0.15, 0.2) is 11.5 Å². The molecule has 3 atom stereocenters. The van der Waals surface area contributed by atoms with E-state index in [2.05, 4.69) is 6.92 Å². The van der Waals surface area contributed by atoms with Crippen LogP contribution in [-0.2, 0) is 9.59 Å². The number of fused-ring (bicyclic) bond motifs is 1. The molecule has 1 fully saturated rings. The second-order valence-corrected chi connectivity index (χ2v) is 8.90. The smallest absolute Gasteiger partial charge is 0.309 e. The van der Waals surface area contributed by atoms with Gasteiger partial charge in [-0.3, -0.25) is 14.5 Å². The van der Waals surface area contributed by atoms with Gasteiger partial charge in [0.2, 0.25) is 12.7 Å². The van der Waals surface area contributed by atoms with Crippen LogP contribution in [0, 0.1) is 5.92 Å². The number of carboxylic acid groups (broad SMARTS) is 1. The Morgan fingerprint density at radius 2 is 1.82 bits per heavy atom. The zero-order valence-electron chi connectivity index (χ0n) is 19.9. The number of carboxylic acids is 1. The van der Waals surface area contributed by atoms with Gasteiger partial charge in [-0.2, -0.15) is 0 Å². The number of carbonyl (C=O) groups is 2. The molecular formula is C26H32N2O6. The van der Waals surface area contributed by atoms with Gasteiger partial charge >= 0.3 is 5.97 Å². The molecule has 3 unspecified atom stereocenters. The Bertz CT molecular complexity index is 1020. The summed E-state index contributed by atoms with van der Waals surface area (Å²) in [5.41, 5.74) is 1.71. The number of methoxy groups -OCH3 is 1. The Balaban J connectivity index is 1.68. The van der Waals surface area contributed by atoms with Crippen LogP contribution in [0.1, 0.15) is 42.9 Å². The van der Waals surface area contributed by atoms with E-state index in [1.165, 1.54) is 0 Å². The number of likely N-dealkylation sites (tertiary alicyclic amines) is 1. The maximum Gasteiger partial charge on any atom is 0.309 e. The molecule has 0 aliphatic carbocycles. The lowest BCUT2D eigenvalue weighted by Gasteiger charge is -2.28. The number of amides is 1. The molecule has 34 heavy (non-hydrogen) atoms. The van der Waals surface area contributed by atoms with Gasteiger partial charge in [0, 0.05) is 32.1 Å². The minimum atomic E-state index is -0.891. The molecule has 2 heterocycles. The highest BCUT2D eigenvalue weighted by Crippen LogP contribution is 2.47. The second kappa shape index (κ2) is 10.3. The van der Waals surface area contributed by atoms with E-state index >= 15 is 0 Å². The third-order valence-corrected chi connectivity index (χ3v) is 6.78. The first-order valence-corrected chi connectivity index (χ1v) is 11.7. The quantitative estimate of drug-likeness (QED) is 0.602. The second-order valence-electron chi connectivity index (χ2n) is 8.90. The van der Waals surface area contributed by atoms with E-state index in [1.807, 2.05) is 47.4 Å². The molecule has 2 aliphatic heterocycles. The number of nitrogens with zero attached hydrogens (tertiary/aromatic N) is 2. The Morgan fingerprint density at radius 1 is 1.12 bits per heavy atom. The lowest BCUT2D eigenvalue weighted by molar-refractivity contribution is -0.143. The van der Waals surface area contributed by atoms with E-state index < -0.39 is 17.9 Å².